The monoisotopic (exact) mass is 238 g/mol. The highest BCUT2D eigenvalue weighted by Crippen LogP contribution is 2.27. The number of thioether (sulfide) groups is 1. The molecule has 2 aliphatic heterocycles. The van der Waals surface area contributed by atoms with Crippen molar-refractivity contribution in [2.45, 2.75) is 38.3 Å². The first-order valence-electron chi connectivity index (χ1n) is 6.12. The molecule has 0 radical (unpaired) electrons. The van der Waals surface area contributed by atoms with Gasteiger partial charge in [-0.3, -0.25) is 0 Å². The second-order valence-corrected chi connectivity index (χ2v) is 6.08. The van der Waals surface area contributed by atoms with Crippen molar-refractivity contribution < 1.29 is 5.11 Å². The zero-order valence-electron chi connectivity index (χ0n) is 9.43. The molecule has 3 nitrogen and oxygen atoms in total. The van der Waals surface area contributed by atoms with Crippen molar-refractivity contribution in [2.75, 3.05) is 11.5 Å². The molecule has 2 aliphatic rings. The number of rotatable bonds is 2. The SMILES string of the molecule is OC1CCc2nc(CC3CCSC3)cn2C1. The lowest BCUT2D eigenvalue weighted by Crippen LogP contribution is -2.23. The third-order valence-corrected chi connectivity index (χ3v) is 4.77. The Hall–Kier alpha value is -0.480. The highest BCUT2D eigenvalue weighted by Gasteiger charge is 2.21. The average molecular weight is 238 g/mol. The van der Waals surface area contributed by atoms with Gasteiger partial charge in [-0.15, -0.1) is 0 Å². The summed E-state index contributed by atoms with van der Waals surface area (Å²) in [7, 11) is 0. The van der Waals surface area contributed by atoms with Gasteiger partial charge in [0.15, 0.2) is 0 Å². The van der Waals surface area contributed by atoms with Gasteiger partial charge < -0.3 is 9.67 Å². The van der Waals surface area contributed by atoms with Crippen molar-refractivity contribution in [3.63, 3.8) is 0 Å². The number of aromatic nitrogens is 2. The van der Waals surface area contributed by atoms with Gasteiger partial charge in [-0.05, 0) is 36.7 Å². The van der Waals surface area contributed by atoms with Gasteiger partial charge in [0.05, 0.1) is 11.8 Å². The Bertz CT molecular complexity index is 371. The van der Waals surface area contributed by atoms with E-state index in [1.165, 1.54) is 29.4 Å². The van der Waals surface area contributed by atoms with Gasteiger partial charge in [-0.25, -0.2) is 4.98 Å². The molecule has 16 heavy (non-hydrogen) atoms. The molecule has 1 aromatic heterocycles. The largest absolute Gasteiger partial charge is 0.391 e. The van der Waals surface area contributed by atoms with Crippen molar-refractivity contribution in [2.24, 2.45) is 5.92 Å². The van der Waals surface area contributed by atoms with Crippen LogP contribution in [-0.4, -0.2) is 32.3 Å². The van der Waals surface area contributed by atoms with E-state index in [9.17, 15) is 5.11 Å². The lowest BCUT2D eigenvalue weighted by atomic mass is 10.0. The van der Waals surface area contributed by atoms with E-state index in [0.717, 1.165) is 31.7 Å². The Labute approximate surface area is 100 Å². The third-order valence-electron chi connectivity index (χ3n) is 3.54. The van der Waals surface area contributed by atoms with Crippen LogP contribution in [0, 0.1) is 5.92 Å². The van der Waals surface area contributed by atoms with Crippen LogP contribution in [0.15, 0.2) is 6.20 Å². The lowest BCUT2D eigenvalue weighted by molar-refractivity contribution is 0.130. The van der Waals surface area contributed by atoms with Crippen LogP contribution in [0.1, 0.15) is 24.4 Å². The number of fused-ring (bicyclic) bond motifs is 1. The molecule has 4 heteroatoms. The summed E-state index contributed by atoms with van der Waals surface area (Å²) in [6.07, 6.45) is 6.26. The zero-order valence-corrected chi connectivity index (χ0v) is 10.2. The second-order valence-electron chi connectivity index (χ2n) is 4.93. The quantitative estimate of drug-likeness (QED) is 0.848. The van der Waals surface area contributed by atoms with Crippen LogP contribution in [0.2, 0.25) is 0 Å². The molecule has 3 rings (SSSR count). The lowest BCUT2D eigenvalue weighted by Gasteiger charge is -2.18. The standard InChI is InChI=1S/C12H18N2OS/c15-11-1-2-12-13-10(6-14(12)7-11)5-9-3-4-16-8-9/h6,9,11,15H,1-5,7-8H2. The molecule has 0 saturated carbocycles. The maximum atomic E-state index is 9.60. The van der Waals surface area contributed by atoms with Crippen LogP contribution in [0.3, 0.4) is 0 Å². The summed E-state index contributed by atoms with van der Waals surface area (Å²) in [5, 5.41) is 9.60. The minimum atomic E-state index is -0.170. The summed E-state index contributed by atoms with van der Waals surface area (Å²) in [4.78, 5) is 4.69. The van der Waals surface area contributed by atoms with Crippen molar-refractivity contribution >= 4 is 11.8 Å². The van der Waals surface area contributed by atoms with Crippen LogP contribution in [0.25, 0.3) is 0 Å². The number of nitrogens with zero attached hydrogens (tertiary/aromatic N) is 2. The molecule has 1 fully saturated rings. The first kappa shape index (κ1) is 10.7. The van der Waals surface area contributed by atoms with E-state index in [0.29, 0.717) is 0 Å². The van der Waals surface area contributed by atoms with Crippen LogP contribution >= 0.6 is 11.8 Å². The van der Waals surface area contributed by atoms with E-state index < -0.39 is 0 Å². The van der Waals surface area contributed by atoms with Crippen LogP contribution in [0.5, 0.6) is 0 Å². The number of aliphatic hydroxyl groups excluding tert-OH is 1. The van der Waals surface area contributed by atoms with Crippen molar-refractivity contribution in [1.82, 2.24) is 9.55 Å². The van der Waals surface area contributed by atoms with E-state index in [-0.39, 0.29) is 6.10 Å². The normalized spacial score (nSPS) is 29.3. The maximum Gasteiger partial charge on any atom is 0.109 e. The third kappa shape index (κ3) is 2.13. The van der Waals surface area contributed by atoms with Crippen LogP contribution < -0.4 is 0 Å². The van der Waals surface area contributed by atoms with Gasteiger partial charge in [0, 0.05) is 19.2 Å². The molecule has 1 N–H and O–H groups in total. The number of aryl methyl sites for hydroxylation is 1. The van der Waals surface area contributed by atoms with E-state index in [1.807, 2.05) is 0 Å². The summed E-state index contributed by atoms with van der Waals surface area (Å²) < 4.78 is 2.14. The summed E-state index contributed by atoms with van der Waals surface area (Å²) >= 11 is 2.06. The van der Waals surface area contributed by atoms with Crippen LogP contribution in [-0.2, 0) is 19.4 Å². The van der Waals surface area contributed by atoms with Gasteiger partial charge in [0.2, 0.25) is 0 Å². The molecule has 3 heterocycles. The topological polar surface area (TPSA) is 38.1 Å². The minimum Gasteiger partial charge on any atom is -0.391 e. The Morgan fingerprint density at radius 1 is 1.50 bits per heavy atom. The Kier molecular flexibility index (Phi) is 2.94. The van der Waals surface area contributed by atoms with E-state index in [4.69, 9.17) is 4.98 Å². The second kappa shape index (κ2) is 4.41. The van der Waals surface area contributed by atoms with E-state index in [2.05, 4.69) is 22.5 Å². The fourth-order valence-electron chi connectivity index (χ4n) is 2.62. The van der Waals surface area contributed by atoms with Gasteiger partial charge >= 0.3 is 0 Å². The molecular weight excluding hydrogens is 220 g/mol. The highest BCUT2D eigenvalue weighted by atomic mass is 32.2. The molecule has 2 unspecified atom stereocenters. The molecule has 0 aliphatic carbocycles. The summed E-state index contributed by atoms with van der Waals surface area (Å²) in [6.45, 7) is 0.738. The number of aliphatic hydroxyl groups is 1. The zero-order chi connectivity index (χ0) is 11.0. The first-order chi connectivity index (χ1) is 7.81. The number of hydrogen-bond donors (Lipinski definition) is 1. The molecule has 0 bridgehead atoms. The van der Waals surface area contributed by atoms with Crippen molar-refractivity contribution in [3.05, 3.63) is 17.7 Å². The Morgan fingerprint density at radius 2 is 2.44 bits per heavy atom. The molecule has 2 atom stereocenters. The van der Waals surface area contributed by atoms with Gasteiger partial charge in [-0.1, -0.05) is 0 Å². The molecule has 0 spiro atoms. The summed E-state index contributed by atoms with van der Waals surface area (Å²) in [5.41, 5.74) is 1.23. The molecule has 1 aromatic rings. The Morgan fingerprint density at radius 3 is 3.25 bits per heavy atom. The number of imidazole rings is 1. The van der Waals surface area contributed by atoms with E-state index >= 15 is 0 Å². The van der Waals surface area contributed by atoms with Gasteiger partial charge in [0.1, 0.15) is 5.82 Å². The maximum absolute atomic E-state index is 9.60. The molecule has 0 aromatic carbocycles. The highest BCUT2D eigenvalue weighted by molar-refractivity contribution is 7.99. The van der Waals surface area contributed by atoms with Crippen molar-refractivity contribution in [1.29, 1.82) is 0 Å². The molecular formula is C12H18N2OS. The summed E-state index contributed by atoms with van der Waals surface area (Å²) in [5.74, 6) is 4.61. The van der Waals surface area contributed by atoms with Crippen molar-refractivity contribution in [3.8, 4) is 0 Å². The predicted octanol–water partition coefficient (Wildman–Crippen LogP) is 1.49. The van der Waals surface area contributed by atoms with Gasteiger partial charge in [0.25, 0.3) is 0 Å². The number of hydrogen-bond acceptors (Lipinski definition) is 3. The smallest absolute Gasteiger partial charge is 0.109 e. The first-order valence-corrected chi connectivity index (χ1v) is 7.27. The molecule has 88 valence electrons. The fourth-order valence-corrected chi connectivity index (χ4v) is 3.91. The predicted molar refractivity (Wildman–Crippen MR) is 65.7 cm³/mol. The summed E-state index contributed by atoms with van der Waals surface area (Å²) in [6, 6.07) is 0. The van der Waals surface area contributed by atoms with Gasteiger partial charge in [-0.2, -0.15) is 11.8 Å². The fraction of sp³-hybridized carbons (Fsp3) is 0.750. The van der Waals surface area contributed by atoms with E-state index in [1.54, 1.807) is 0 Å². The molecule has 0 amide bonds. The molecule has 1 saturated heterocycles. The minimum absolute atomic E-state index is 0.170. The Balaban J connectivity index is 1.71. The average Bonchev–Trinajstić information content (AvgIpc) is 2.86. The van der Waals surface area contributed by atoms with Crippen LogP contribution in [0.4, 0.5) is 0 Å².